The maximum Gasteiger partial charge on any atom is 0.306 e. The molecule has 1 aromatic heterocycles. The molecule has 2 rings (SSSR count). The fourth-order valence-corrected chi connectivity index (χ4v) is 3.03. The zero-order valence-electron chi connectivity index (χ0n) is 10.1. The molecule has 1 aliphatic heterocycles. The molecule has 19 heavy (non-hydrogen) atoms. The molecule has 1 aliphatic rings. The molecular weight excluding hydrogens is 272 g/mol. The number of aliphatic carboxylic acids is 1. The molecule has 0 saturated carbocycles. The first-order valence-electron chi connectivity index (χ1n) is 5.77. The Labute approximate surface area is 110 Å². The van der Waals surface area contributed by atoms with Crippen LogP contribution in [0.1, 0.15) is 12.8 Å². The van der Waals surface area contributed by atoms with Crippen LogP contribution < -0.4 is 4.72 Å². The molecule has 0 unspecified atom stereocenters. The second-order valence-corrected chi connectivity index (χ2v) is 5.86. The third kappa shape index (κ3) is 3.38. The van der Waals surface area contributed by atoms with Gasteiger partial charge in [0.25, 0.3) is 0 Å². The van der Waals surface area contributed by atoms with Crippen LogP contribution in [-0.4, -0.2) is 46.9 Å². The minimum Gasteiger partial charge on any atom is -0.481 e. The standard InChI is InChI=1S/C10H14N4O4S/c15-9(16)8-2-6-14(7-3-8)19(17,18)13-10-11-4-1-5-12-10/h1,4-5,8H,2-3,6-7H2,(H,15,16)(H,11,12,13). The van der Waals surface area contributed by atoms with E-state index in [-0.39, 0.29) is 19.0 Å². The van der Waals surface area contributed by atoms with Crippen molar-refractivity contribution in [3.05, 3.63) is 18.5 Å². The summed E-state index contributed by atoms with van der Waals surface area (Å²) in [6.07, 6.45) is 3.49. The van der Waals surface area contributed by atoms with Gasteiger partial charge >= 0.3 is 16.2 Å². The van der Waals surface area contributed by atoms with Crippen LogP contribution in [-0.2, 0) is 15.0 Å². The molecule has 104 valence electrons. The van der Waals surface area contributed by atoms with Gasteiger partial charge in [-0.2, -0.15) is 12.7 Å². The predicted molar refractivity (Wildman–Crippen MR) is 66.5 cm³/mol. The van der Waals surface area contributed by atoms with Crippen LogP contribution in [0.5, 0.6) is 0 Å². The van der Waals surface area contributed by atoms with Crippen LogP contribution in [0, 0.1) is 5.92 Å². The number of carbonyl (C=O) groups is 1. The van der Waals surface area contributed by atoms with E-state index in [0.29, 0.717) is 12.8 Å². The molecule has 0 atom stereocenters. The van der Waals surface area contributed by atoms with Gasteiger partial charge in [-0.3, -0.25) is 4.79 Å². The first-order valence-corrected chi connectivity index (χ1v) is 7.21. The number of hydrogen-bond acceptors (Lipinski definition) is 5. The molecule has 1 aromatic rings. The van der Waals surface area contributed by atoms with Gasteiger partial charge < -0.3 is 5.11 Å². The summed E-state index contributed by atoms with van der Waals surface area (Å²) >= 11 is 0. The molecule has 0 radical (unpaired) electrons. The maximum atomic E-state index is 12.0. The zero-order chi connectivity index (χ0) is 13.9. The molecule has 0 amide bonds. The van der Waals surface area contributed by atoms with Crippen LogP contribution in [0.4, 0.5) is 5.95 Å². The number of carboxylic acids is 1. The molecule has 0 aromatic carbocycles. The number of nitrogens with one attached hydrogen (secondary N) is 1. The van der Waals surface area contributed by atoms with E-state index in [1.807, 2.05) is 0 Å². The van der Waals surface area contributed by atoms with E-state index in [9.17, 15) is 13.2 Å². The van der Waals surface area contributed by atoms with Gasteiger partial charge in [0.15, 0.2) is 0 Å². The van der Waals surface area contributed by atoms with Crippen molar-refractivity contribution in [2.24, 2.45) is 5.92 Å². The average Bonchev–Trinajstić information content (AvgIpc) is 2.39. The van der Waals surface area contributed by atoms with Crippen molar-refractivity contribution in [3.8, 4) is 0 Å². The molecule has 8 nitrogen and oxygen atoms in total. The predicted octanol–water partition coefficient (Wildman–Crippen LogP) is -0.0701. The van der Waals surface area contributed by atoms with Crippen molar-refractivity contribution >= 4 is 22.1 Å². The van der Waals surface area contributed by atoms with Crippen molar-refractivity contribution in [1.29, 1.82) is 0 Å². The summed E-state index contributed by atoms with van der Waals surface area (Å²) in [5, 5.41) is 8.86. The highest BCUT2D eigenvalue weighted by Crippen LogP contribution is 2.20. The van der Waals surface area contributed by atoms with Crippen molar-refractivity contribution in [2.45, 2.75) is 12.8 Å². The number of carboxylic acid groups (broad SMARTS) is 1. The first-order chi connectivity index (χ1) is 8.99. The Morgan fingerprint density at radius 1 is 1.32 bits per heavy atom. The Kier molecular flexibility index (Phi) is 3.96. The quantitative estimate of drug-likeness (QED) is 0.801. The van der Waals surface area contributed by atoms with Crippen molar-refractivity contribution in [3.63, 3.8) is 0 Å². The van der Waals surface area contributed by atoms with Gasteiger partial charge in [0, 0.05) is 25.5 Å². The minimum atomic E-state index is -3.72. The summed E-state index contributed by atoms with van der Waals surface area (Å²) in [5.41, 5.74) is 0. The Morgan fingerprint density at radius 2 is 1.89 bits per heavy atom. The highest BCUT2D eigenvalue weighted by atomic mass is 32.2. The Bertz CT molecular complexity index is 540. The number of rotatable bonds is 4. The lowest BCUT2D eigenvalue weighted by Crippen LogP contribution is -2.43. The summed E-state index contributed by atoms with van der Waals surface area (Å²) in [4.78, 5) is 18.4. The third-order valence-corrected chi connectivity index (χ3v) is 4.41. The van der Waals surface area contributed by atoms with Crippen LogP contribution in [0.25, 0.3) is 0 Å². The normalized spacial score (nSPS) is 18.1. The Hall–Kier alpha value is -1.74. The Morgan fingerprint density at radius 3 is 2.42 bits per heavy atom. The van der Waals surface area contributed by atoms with Gasteiger partial charge in [-0.25, -0.2) is 14.7 Å². The molecule has 0 aliphatic carbocycles. The molecule has 1 fully saturated rings. The lowest BCUT2D eigenvalue weighted by atomic mass is 9.99. The van der Waals surface area contributed by atoms with Gasteiger partial charge in [0.2, 0.25) is 5.95 Å². The van der Waals surface area contributed by atoms with Crippen LogP contribution in [0.15, 0.2) is 18.5 Å². The van der Waals surface area contributed by atoms with Crippen LogP contribution in [0.2, 0.25) is 0 Å². The number of hydrogen-bond donors (Lipinski definition) is 2. The highest BCUT2D eigenvalue weighted by Gasteiger charge is 2.31. The van der Waals surface area contributed by atoms with E-state index >= 15 is 0 Å². The van der Waals surface area contributed by atoms with E-state index in [1.165, 1.54) is 16.7 Å². The molecule has 2 heterocycles. The van der Waals surface area contributed by atoms with E-state index in [4.69, 9.17) is 5.11 Å². The smallest absolute Gasteiger partial charge is 0.306 e. The number of piperidine rings is 1. The van der Waals surface area contributed by atoms with Crippen molar-refractivity contribution < 1.29 is 18.3 Å². The first kappa shape index (κ1) is 13.7. The monoisotopic (exact) mass is 286 g/mol. The van der Waals surface area contributed by atoms with Gasteiger partial charge in [-0.05, 0) is 18.9 Å². The number of aromatic nitrogens is 2. The van der Waals surface area contributed by atoms with Gasteiger partial charge in [-0.15, -0.1) is 0 Å². The second kappa shape index (κ2) is 5.49. The Balaban J connectivity index is 2.00. The van der Waals surface area contributed by atoms with E-state index in [0.717, 1.165) is 0 Å². The van der Waals surface area contributed by atoms with Gasteiger partial charge in [-0.1, -0.05) is 0 Å². The molecule has 0 bridgehead atoms. The van der Waals surface area contributed by atoms with Gasteiger partial charge in [0.05, 0.1) is 5.92 Å². The average molecular weight is 286 g/mol. The summed E-state index contributed by atoms with van der Waals surface area (Å²) in [7, 11) is -3.72. The van der Waals surface area contributed by atoms with Crippen LogP contribution >= 0.6 is 0 Å². The number of nitrogens with zero attached hydrogens (tertiary/aromatic N) is 3. The van der Waals surface area contributed by atoms with Crippen molar-refractivity contribution in [1.82, 2.24) is 14.3 Å². The maximum absolute atomic E-state index is 12.0. The van der Waals surface area contributed by atoms with E-state index in [2.05, 4.69) is 14.7 Å². The van der Waals surface area contributed by atoms with Crippen molar-refractivity contribution in [2.75, 3.05) is 17.8 Å². The second-order valence-electron chi connectivity index (χ2n) is 4.19. The van der Waals surface area contributed by atoms with Crippen LogP contribution in [0.3, 0.4) is 0 Å². The third-order valence-electron chi connectivity index (χ3n) is 2.93. The summed E-state index contributed by atoms with van der Waals surface area (Å²) < 4.78 is 27.5. The summed E-state index contributed by atoms with van der Waals surface area (Å²) in [6, 6.07) is 1.58. The zero-order valence-corrected chi connectivity index (χ0v) is 10.9. The summed E-state index contributed by atoms with van der Waals surface area (Å²) in [6.45, 7) is 0.359. The molecule has 1 saturated heterocycles. The highest BCUT2D eigenvalue weighted by molar-refractivity contribution is 7.90. The van der Waals surface area contributed by atoms with E-state index < -0.39 is 22.1 Å². The SMILES string of the molecule is O=C(O)C1CCN(S(=O)(=O)Nc2ncccn2)CC1. The topological polar surface area (TPSA) is 112 Å². The van der Waals surface area contributed by atoms with E-state index in [1.54, 1.807) is 6.07 Å². The molecular formula is C10H14N4O4S. The minimum absolute atomic E-state index is 0.00265. The van der Waals surface area contributed by atoms with Gasteiger partial charge in [0.1, 0.15) is 0 Å². The molecule has 0 spiro atoms. The fraction of sp³-hybridized carbons (Fsp3) is 0.500. The molecule has 9 heteroatoms. The largest absolute Gasteiger partial charge is 0.481 e. The lowest BCUT2D eigenvalue weighted by molar-refractivity contribution is -0.142. The summed E-state index contributed by atoms with van der Waals surface area (Å²) in [5.74, 6) is -1.35. The number of anilines is 1. The fourth-order valence-electron chi connectivity index (χ4n) is 1.87. The molecule has 2 N–H and O–H groups in total. The lowest BCUT2D eigenvalue weighted by Gasteiger charge is -2.28.